The number of anilines is 2. The monoisotopic (exact) mass is 275 g/mol. The molecule has 0 aliphatic heterocycles. The molecule has 1 heterocycles. The van der Waals surface area contributed by atoms with Gasteiger partial charge >= 0.3 is 0 Å². The van der Waals surface area contributed by atoms with Crippen molar-refractivity contribution in [2.45, 2.75) is 6.54 Å². The fourth-order valence-corrected chi connectivity index (χ4v) is 2.05. The Balaban J connectivity index is 2.43. The van der Waals surface area contributed by atoms with E-state index in [1.165, 1.54) is 0 Å². The van der Waals surface area contributed by atoms with Crippen molar-refractivity contribution in [1.29, 1.82) is 0 Å². The Labute approximate surface area is 118 Å². The van der Waals surface area contributed by atoms with Crippen LogP contribution in [0, 0.1) is 5.82 Å². The molecule has 20 heavy (non-hydrogen) atoms. The normalized spacial score (nSPS) is 10.4. The molecule has 0 saturated heterocycles. The van der Waals surface area contributed by atoms with Gasteiger partial charge in [-0.1, -0.05) is 12.1 Å². The molecular formula is C15H18FN3O. The Morgan fingerprint density at radius 3 is 2.75 bits per heavy atom. The number of nitrogens with zero attached hydrogens (tertiary/aromatic N) is 2. The maximum Gasteiger partial charge on any atom is 0.170 e. The van der Waals surface area contributed by atoms with E-state index in [-0.39, 0.29) is 11.6 Å². The van der Waals surface area contributed by atoms with Crippen molar-refractivity contribution in [2.24, 2.45) is 0 Å². The summed E-state index contributed by atoms with van der Waals surface area (Å²) in [5, 5.41) is 2.94. The van der Waals surface area contributed by atoms with Crippen molar-refractivity contribution in [2.75, 3.05) is 26.1 Å². The SMILES string of the molecule is CNCc1ccnc(N(C)c2ccccc2OC)c1F. The van der Waals surface area contributed by atoms with Crippen LogP contribution in [0.5, 0.6) is 5.75 Å². The van der Waals surface area contributed by atoms with Crippen LogP contribution in [0.2, 0.25) is 0 Å². The molecule has 1 aromatic heterocycles. The summed E-state index contributed by atoms with van der Waals surface area (Å²) in [7, 11) is 5.14. The van der Waals surface area contributed by atoms with Crippen LogP contribution < -0.4 is 15.0 Å². The molecule has 1 N–H and O–H groups in total. The van der Waals surface area contributed by atoms with Gasteiger partial charge in [0.25, 0.3) is 0 Å². The molecule has 0 aliphatic rings. The van der Waals surface area contributed by atoms with E-state index in [2.05, 4.69) is 10.3 Å². The van der Waals surface area contributed by atoms with Crippen molar-refractivity contribution in [3.8, 4) is 5.75 Å². The molecule has 0 saturated carbocycles. The van der Waals surface area contributed by atoms with E-state index in [4.69, 9.17) is 4.74 Å². The van der Waals surface area contributed by atoms with E-state index >= 15 is 0 Å². The van der Waals surface area contributed by atoms with E-state index in [0.29, 0.717) is 17.9 Å². The highest BCUT2D eigenvalue weighted by molar-refractivity contribution is 5.67. The van der Waals surface area contributed by atoms with Gasteiger partial charge in [-0.05, 0) is 25.2 Å². The molecule has 106 valence electrons. The van der Waals surface area contributed by atoms with Gasteiger partial charge in [0.2, 0.25) is 0 Å². The molecule has 0 bridgehead atoms. The van der Waals surface area contributed by atoms with Gasteiger partial charge in [0.15, 0.2) is 11.6 Å². The number of hydrogen-bond acceptors (Lipinski definition) is 4. The molecule has 4 nitrogen and oxygen atoms in total. The predicted molar refractivity (Wildman–Crippen MR) is 78.0 cm³/mol. The minimum absolute atomic E-state index is 0.280. The largest absolute Gasteiger partial charge is 0.495 e. The number of rotatable bonds is 5. The molecule has 0 spiro atoms. The zero-order valence-corrected chi connectivity index (χ0v) is 11.9. The second-order valence-corrected chi connectivity index (χ2v) is 4.37. The van der Waals surface area contributed by atoms with Crippen LogP contribution >= 0.6 is 0 Å². The van der Waals surface area contributed by atoms with Crippen molar-refractivity contribution < 1.29 is 9.13 Å². The predicted octanol–water partition coefficient (Wildman–Crippen LogP) is 2.72. The minimum Gasteiger partial charge on any atom is -0.495 e. The third-order valence-corrected chi connectivity index (χ3v) is 3.08. The summed E-state index contributed by atoms with van der Waals surface area (Å²) in [4.78, 5) is 5.83. The smallest absolute Gasteiger partial charge is 0.170 e. The van der Waals surface area contributed by atoms with Gasteiger partial charge in [-0.3, -0.25) is 0 Å². The summed E-state index contributed by atoms with van der Waals surface area (Å²) in [6.07, 6.45) is 1.61. The lowest BCUT2D eigenvalue weighted by Gasteiger charge is -2.22. The van der Waals surface area contributed by atoms with Gasteiger partial charge < -0.3 is 15.0 Å². The fourth-order valence-electron chi connectivity index (χ4n) is 2.05. The number of hydrogen-bond donors (Lipinski definition) is 1. The number of aromatic nitrogens is 1. The maximum absolute atomic E-state index is 14.4. The Morgan fingerprint density at radius 1 is 1.30 bits per heavy atom. The molecular weight excluding hydrogens is 257 g/mol. The highest BCUT2D eigenvalue weighted by atomic mass is 19.1. The van der Waals surface area contributed by atoms with E-state index in [9.17, 15) is 4.39 Å². The summed E-state index contributed by atoms with van der Waals surface area (Å²) in [6, 6.07) is 9.12. The summed E-state index contributed by atoms with van der Waals surface area (Å²) in [6.45, 7) is 0.459. The molecule has 2 aromatic rings. The Morgan fingerprint density at radius 2 is 2.05 bits per heavy atom. The summed E-state index contributed by atoms with van der Waals surface area (Å²) in [5.74, 6) is 0.632. The Bertz CT molecular complexity index is 589. The molecule has 0 radical (unpaired) electrons. The molecule has 1 aromatic carbocycles. The van der Waals surface area contributed by atoms with Crippen LogP contribution in [0.1, 0.15) is 5.56 Å². The number of para-hydroxylation sites is 2. The first kappa shape index (κ1) is 14.3. The lowest BCUT2D eigenvalue weighted by atomic mass is 10.2. The van der Waals surface area contributed by atoms with E-state index in [0.717, 1.165) is 5.69 Å². The van der Waals surface area contributed by atoms with E-state index in [1.807, 2.05) is 24.3 Å². The van der Waals surface area contributed by atoms with Crippen molar-refractivity contribution in [3.05, 3.63) is 47.9 Å². The first-order chi connectivity index (χ1) is 9.69. The van der Waals surface area contributed by atoms with Crippen molar-refractivity contribution in [3.63, 3.8) is 0 Å². The molecule has 0 unspecified atom stereocenters. The lowest BCUT2D eigenvalue weighted by molar-refractivity contribution is 0.415. The fraction of sp³-hybridized carbons (Fsp3) is 0.267. The van der Waals surface area contributed by atoms with Gasteiger partial charge in [-0.15, -0.1) is 0 Å². The molecule has 5 heteroatoms. The van der Waals surface area contributed by atoms with Gasteiger partial charge in [0.05, 0.1) is 12.8 Å². The second-order valence-electron chi connectivity index (χ2n) is 4.37. The van der Waals surface area contributed by atoms with Gasteiger partial charge in [-0.2, -0.15) is 0 Å². The van der Waals surface area contributed by atoms with Gasteiger partial charge in [0.1, 0.15) is 5.75 Å². The average molecular weight is 275 g/mol. The maximum atomic E-state index is 14.4. The molecule has 0 fully saturated rings. The third kappa shape index (κ3) is 2.72. The number of nitrogens with one attached hydrogen (secondary N) is 1. The number of ether oxygens (including phenoxy) is 1. The molecule has 0 aliphatic carbocycles. The number of methoxy groups -OCH3 is 1. The minimum atomic E-state index is -0.324. The summed E-state index contributed by atoms with van der Waals surface area (Å²) >= 11 is 0. The molecule has 0 atom stereocenters. The van der Waals surface area contributed by atoms with Crippen LogP contribution in [-0.4, -0.2) is 26.2 Å². The van der Waals surface area contributed by atoms with Crippen LogP contribution in [0.15, 0.2) is 36.5 Å². The van der Waals surface area contributed by atoms with E-state index in [1.54, 1.807) is 38.4 Å². The molecule has 2 rings (SSSR count). The number of benzene rings is 1. The number of pyridine rings is 1. The second kappa shape index (κ2) is 6.34. The number of halogens is 1. The zero-order chi connectivity index (χ0) is 14.5. The Hall–Kier alpha value is -2.14. The zero-order valence-electron chi connectivity index (χ0n) is 11.9. The first-order valence-corrected chi connectivity index (χ1v) is 6.33. The Kier molecular flexibility index (Phi) is 4.53. The van der Waals surface area contributed by atoms with Crippen LogP contribution in [0.4, 0.5) is 15.9 Å². The van der Waals surface area contributed by atoms with Gasteiger partial charge in [-0.25, -0.2) is 9.37 Å². The third-order valence-electron chi connectivity index (χ3n) is 3.08. The van der Waals surface area contributed by atoms with Crippen LogP contribution in [-0.2, 0) is 6.54 Å². The lowest BCUT2D eigenvalue weighted by Crippen LogP contribution is -2.16. The standard InChI is InChI=1S/C15H18FN3O/c1-17-10-11-8-9-18-15(14(11)16)19(2)12-6-4-5-7-13(12)20-3/h4-9,17H,10H2,1-3H3. The molecule has 0 amide bonds. The highest BCUT2D eigenvalue weighted by Crippen LogP contribution is 2.32. The quantitative estimate of drug-likeness (QED) is 0.910. The average Bonchev–Trinajstić information content (AvgIpc) is 2.49. The summed E-state index contributed by atoms with van der Waals surface area (Å²) < 4.78 is 19.7. The van der Waals surface area contributed by atoms with Crippen LogP contribution in [0.25, 0.3) is 0 Å². The van der Waals surface area contributed by atoms with Crippen molar-refractivity contribution >= 4 is 11.5 Å². The van der Waals surface area contributed by atoms with E-state index < -0.39 is 0 Å². The van der Waals surface area contributed by atoms with Crippen molar-refractivity contribution in [1.82, 2.24) is 10.3 Å². The van der Waals surface area contributed by atoms with Gasteiger partial charge in [0, 0.05) is 25.4 Å². The highest BCUT2D eigenvalue weighted by Gasteiger charge is 2.16. The topological polar surface area (TPSA) is 37.4 Å². The van der Waals surface area contributed by atoms with Crippen LogP contribution in [0.3, 0.4) is 0 Å². The summed E-state index contributed by atoms with van der Waals surface area (Å²) in [5.41, 5.74) is 1.35. The first-order valence-electron chi connectivity index (χ1n) is 6.33.